The van der Waals surface area contributed by atoms with Crippen LogP contribution in [0.1, 0.15) is 52.7 Å². The molecule has 0 fully saturated rings. The van der Waals surface area contributed by atoms with Crippen LogP contribution >= 0.6 is 0 Å². The van der Waals surface area contributed by atoms with E-state index in [4.69, 9.17) is 9.72 Å². The lowest BCUT2D eigenvalue weighted by Crippen LogP contribution is -2.25. The van der Waals surface area contributed by atoms with Gasteiger partial charge in [0.1, 0.15) is 24.0 Å². The maximum absolute atomic E-state index is 7.08. The van der Waals surface area contributed by atoms with E-state index in [1.54, 1.807) is 0 Å². The molecule has 386 valence electrons. The standard InChI is InChI=1S/C74H59N5O/c1-73(2,3)49-39-40-75-68(43-49)78-65-37-38-66-69(56-29-14-13-27-54(56)57-30-20-31-58-55-28-15-16-32-62(55)79(66)72(57)58)70(65)59-36-35-53(45-67(59)78)80-52-26-19-25-51(44-52)76-46-77(64-34-18-17-33-63(64)76)71-60(47-21-9-7-10-22-47)41-50(74(4,5)6)42-61(71)48-23-11-8-12-24-48/h7-45H,46H2,1-6H3. The highest BCUT2D eigenvalue weighted by molar-refractivity contribution is 6.23. The highest BCUT2D eigenvalue weighted by atomic mass is 16.5. The van der Waals surface area contributed by atoms with E-state index in [2.05, 4.69) is 291 Å². The van der Waals surface area contributed by atoms with E-state index in [0.29, 0.717) is 6.67 Å². The number of fused-ring (bicyclic) bond motifs is 13. The highest BCUT2D eigenvalue weighted by Crippen LogP contribution is 2.54. The molecule has 10 aromatic carbocycles. The lowest BCUT2D eigenvalue weighted by atomic mass is 9.82. The number of hydrogen-bond donors (Lipinski definition) is 0. The molecule has 2 aliphatic rings. The molecule has 80 heavy (non-hydrogen) atoms. The van der Waals surface area contributed by atoms with Crippen LogP contribution in [0.25, 0.3) is 99.6 Å². The normalized spacial score (nSPS) is 13.0. The molecular formula is C74H59N5O. The summed E-state index contributed by atoms with van der Waals surface area (Å²) in [6.07, 6.45) is 1.96. The topological polar surface area (TPSA) is 38.5 Å². The van der Waals surface area contributed by atoms with E-state index < -0.39 is 0 Å². The van der Waals surface area contributed by atoms with E-state index in [1.807, 2.05) is 6.20 Å². The molecule has 0 N–H and O–H groups in total. The summed E-state index contributed by atoms with van der Waals surface area (Å²) in [5.41, 5.74) is 22.2. The summed E-state index contributed by atoms with van der Waals surface area (Å²) in [6, 6.07) is 84.2. The van der Waals surface area contributed by atoms with E-state index >= 15 is 0 Å². The van der Waals surface area contributed by atoms with Crippen molar-refractivity contribution in [2.75, 3.05) is 16.5 Å². The van der Waals surface area contributed by atoms with Crippen LogP contribution in [0, 0.1) is 0 Å². The SMILES string of the molecule is CC(C)(C)c1ccnc(-n2c3cc(Oc4cccc(N5CN(c6c(-c7ccccc7)cc(C(C)(C)C)cc6-c6ccccc6)c6ccccc65)c4)ccc3c3c4c(ccc32)-n2c3ccccc3c3cccc(c32)-c2ccccc2-4)c1. The van der Waals surface area contributed by atoms with Gasteiger partial charge in [0.2, 0.25) is 0 Å². The van der Waals surface area contributed by atoms with Crippen LogP contribution in [0.4, 0.5) is 22.7 Å². The summed E-state index contributed by atoms with van der Waals surface area (Å²) in [5, 5.41) is 4.81. The van der Waals surface area contributed by atoms with Gasteiger partial charge in [-0.25, -0.2) is 4.98 Å². The molecule has 0 saturated carbocycles. The average molecular weight is 1030 g/mol. The Bertz CT molecular complexity index is 4570. The lowest BCUT2D eigenvalue weighted by molar-refractivity contribution is 0.483. The van der Waals surface area contributed by atoms with Gasteiger partial charge in [-0.2, -0.15) is 0 Å². The number of pyridine rings is 1. The summed E-state index contributed by atoms with van der Waals surface area (Å²) in [7, 11) is 0. The van der Waals surface area contributed by atoms with Crippen LogP contribution in [0.3, 0.4) is 0 Å². The molecule has 0 saturated heterocycles. The first kappa shape index (κ1) is 47.6. The molecular weight excluding hydrogens is 975 g/mol. The van der Waals surface area contributed by atoms with Gasteiger partial charge in [-0.05, 0) is 123 Å². The summed E-state index contributed by atoms with van der Waals surface area (Å²) in [6.45, 7) is 14.3. The molecule has 5 heterocycles. The molecule has 0 spiro atoms. The van der Waals surface area contributed by atoms with Crippen molar-refractivity contribution in [3.63, 3.8) is 0 Å². The molecule has 0 bridgehead atoms. The maximum atomic E-state index is 7.08. The van der Waals surface area contributed by atoms with E-state index in [-0.39, 0.29) is 10.8 Å². The smallest absolute Gasteiger partial charge is 0.137 e. The van der Waals surface area contributed by atoms with Gasteiger partial charge < -0.3 is 19.1 Å². The molecule has 0 radical (unpaired) electrons. The van der Waals surface area contributed by atoms with Crippen LogP contribution in [-0.2, 0) is 10.8 Å². The Hall–Kier alpha value is -9.65. The first-order valence-electron chi connectivity index (χ1n) is 27.9. The Morgan fingerprint density at radius 1 is 0.400 bits per heavy atom. The van der Waals surface area contributed by atoms with Gasteiger partial charge in [-0.1, -0.05) is 181 Å². The average Bonchev–Trinajstić information content (AvgIpc) is 3.22. The first-order chi connectivity index (χ1) is 39.0. The third-order valence-corrected chi connectivity index (χ3v) is 16.7. The number of ether oxygens (including phenoxy) is 1. The van der Waals surface area contributed by atoms with Gasteiger partial charge in [0.25, 0.3) is 0 Å². The van der Waals surface area contributed by atoms with Crippen LogP contribution in [0.15, 0.2) is 237 Å². The molecule has 15 rings (SSSR count). The Balaban J connectivity index is 0.878. The number of benzene rings is 10. The number of hydrogen-bond acceptors (Lipinski definition) is 4. The van der Waals surface area contributed by atoms with Crippen molar-refractivity contribution in [3.05, 3.63) is 248 Å². The second-order valence-corrected chi connectivity index (χ2v) is 23.6. The monoisotopic (exact) mass is 1030 g/mol. The lowest BCUT2D eigenvalue weighted by Gasteiger charge is -2.30. The number of anilines is 4. The fraction of sp³-hybridized carbons (Fsp3) is 0.122. The number of rotatable bonds is 7. The second-order valence-electron chi connectivity index (χ2n) is 23.6. The Kier molecular flexibility index (Phi) is 10.7. The second kappa shape index (κ2) is 17.9. The highest BCUT2D eigenvalue weighted by Gasteiger charge is 2.34. The molecule has 0 unspecified atom stereocenters. The van der Waals surface area contributed by atoms with Crippen molar-refractivity contribution in [1.82, 2.24) is 14.1 Å². The predicted molar refractivity (Wildman–Crippen MR) is 334 cm³/mol. The molecule has 0 amide bonds. The fourth-order valence-corrected chi connectivity index (χ4v) is 12.8. The summed E-state index contributed by atoms with van der Waals surface area (Å²) in [5.74, 6) is 2.36. The summed E-state index contributed by atoms with van der Waals surface area (Å²) in [4.78, 5) is 10.1. The number of aromatic nitrogens is 3. The third kappa shape index (κ3) is 7.50. The molecule has 0 atom stereocenters. The quantitative estimate of drug-likeness (QED) is 0.159. The Morgan fingerprint density at radius 2 is 1.02 bits per heavy atom. The van der Waals surface area contributed by atoms with Gasteiger partial charge in [0, 0.05) is 67.8 Å². The van der Waals surface area contributed by atoms with Crippen molar-refractivity contribution >= 4 is 66.4 Å². The van der Waals surface area contributed by atoms with E-state index in [9.17, 15) is 0 Å². The Morgan fingerprint density at radius 3 is 1.76 bits per heavy atom. The largest absolute Gasteiger partial charge is 0.457 e. The molecule has 0 aliphatic carbocycles. The Labute approximate surface area is 467 Å². The molecule has 2 aliphatic heterocycles. The first-order valence-corrected chi connectivity index (χ1v) is 27.9. The maximum Gasteiger partial charge on any atom is 0.137 e. The van der Waals surface area contributed by atoms with Gasteiger partial charge in [-0.3, -0.25) is 4.57 Å². The van der Waals surface area contributed by atoms with Crippen molar-refractivity contribution in [1.29, 1.82) is 0 Å². The van der Waals surface area contributed by atoms with Gasteiger partial charge in [-0.15, -0.1) is 0 Å². The number of nitrogens with zero attached hydrogens (tertiary/aromatic N) is 5. The van der Waals surface area contributed by atoms with Crippen molar-refractivity contribution in [3.8, 4) is 67.5 Å². The van der Waals surface area contributed by atoms with E-state index in [0.717, 1.165) is 56.5 Å². The number of para-hydroxylation sites is 4. The minimum Gasteiger partial charge on any atom is -0.457 e. The third-order valence-electron chi connectivity index (χ3n) is 16.7. The van der Waals surface area contributed by atoms with Gasteiger partial charge in [0.15, 0.2) is 0 Å². The minimum absolute atomic E-state index is 0.0689. The van der Waals surface area contributed by atoms with Crippen molar-refractivity contribution in [2.24, 2.45) is 0 Å². The summed E-state index contributed by atoms with van der Waals surface area (Å²) >= 11 is 0. The fourth-order valence-electron chi connectivity index (χ4n) is 12.8. The van der Waals surface area contributed by atoms with E-state index in [1.165, 1.54) is 88.5 Å². The van der Waals surface area contributed by atoms with Crippen LogP contribution in [-0.4, -0.2) is 20.8 Å². The van der Waals surface area contributed by atoms with Crippen LogP contribution in [0.2, 0.25) is 0 Å². The minimum atomic E-state index is -0.0868. The molecule has 6 nitrogen and oxygen atoms in total. The molecule has 3 aromatic heterocycles. The molecule has 6 heteroatoms. The van der Waals surface area contributed by atoms with Gasteiger partial charge in [0.05, 0.1) is 44.8 Å². The van der Waals surface area contributed by atoms with Gasteiger partial charge >= 0.3 is 0 Å². The summed E-state index contributed by atoms with van der Waals surface area (Å²) < 4.78 is 11.9. The zero-order valence-electron chi connectivity index (χ0n) is 45.9. The zero-order chi connectivity index (χ0) is 54.0. The zero-order valence-corrected chi connectivity index (χ0v) is 45.9. The predicted octanol–water partition coefficient (Wildman–Crippen LogP) is 19.9. The van der Waals surface area contributed by atoms with Crippen molar-refractivity contribution < 1.29 is 4.74 Å². The molecule has 13 aromatic rings. The van der Waals surface area contributed by atoms with Crippen LogP contribution < -0.4 is 14.5 Å². The van der Waals surface area contributed by atoms with Crippen molar-refractivity contribution in [2.45, 2.75) is 52.4 Å². The van der Waals surface area contributed by atoms with Crippen LogP contribution in [0.5, 0.6) is 11.5 Å².